The number of hydrogen-bond donors (Lipinski definition) is 0. The smallest absolute Gasteiger partial charge is 0.265 e. The maximum Gasteiger partial charge on any atom is 0.265 e. The molecular formula is C26H22N4O2. The van der Waals surface area contributed by atoms with Crippen molar-refractivity contribution in [1.29, 1.82) is 15.8 Å². The number of allylic oxidation sites excluding steroid dienone is 4. The van der Waals surface area contributed by atoms with E-state index in [-0.39, 0.29) is 11.3 Å². The maximum absolute atomic E-state index is 8.97. The van der Waals surface area contributed by atoms with Gasteiger partial charge in [-0.1, -0.05) is 24.3 Å². The first kappa shape index (κ1) is 23.8. The number of hydrogen-bond acceptors (Lipinski definition) is 5. The van der Waals surface area contributed by atoms with E-state index < -0.39 is 0 Å². The summed E-state index contributed by atoms with van der Waals surface area (Å²) in [5.74, 6) is 1.46. The van der Waals surface area contributed by atoms with Gasteiger partial charge < -0.3 is 9.47 Å². The van der Waals surface area contributed by atoms with Gasteiger partial charge in [0.05, 0.1) is 25.9 Å². The van der Waals surface area contributed by atoms with E-state index in [1.807, 2.05) is 66.7 Å². The van der Waals surface area contributed by atoms with Crippen LogP contribution in [0.5, 0.6) is 11.5 Å². The highest BCUT2D eigenvalue weighted by Crippen LogP contribution is 2.23. The minimum absolute atomic E-state index is 0.0917. The van der Waals surface area contributed by atoms with Gasteiger partial charge in [-0.3, -0.25) is 0 Å². The topological polar surface area (TPSA) is 94.2 Å². The Labute approximate surface area is 188 Å². The number of nitrogens with zero attached hydrogens (tertiary/aromatic N) is 4. The van der Waals surface area contributed by atoms with E-state index in [1.54, 1.807) is 13.8 Å². The first-order chi connectivity index (χ1) is 15.5. The molecule has 0 spiro atoms. The normalized spacial score (nSPS) is 10.4. The van der Waals surface area contributed by atoms with Crippen LogP contribution in [0.3, 0.4) is 0 Å². The molecule has 0 unspecified atom stereocenters. The van der Waals surface area contributed by atoms with Crippen LogP contribution in [0.1, 0.15) is 37.8 Å². The van der Waals surface area contributed by atoms with Gasteiger partial charge in [-0.25, -0.2) is 10.1 Å². The third-order valence-electron chi connectivity index (χ3n) is 4.82. The number of rotatable bonds is 9. The van der Waals surface area contributed by atoms with Gasteiger partial charge in [-0.15, -0.1) is 0 Å². The lowest BCUT2D eigenvalue weighted by Crippen LogP contribution is -2.02. The van der Waals surface area contributed by atoms with Gasteiger partial charge in [-0.2, -0.15) is 10.5 Å². The van der Waals surface area contributed by atoms with Crippen LogP contribution in [0.15, 0.2) is 59.8 Å². The van der Waals surface area contributed by atoms with Crippen molar-refractivity contribution < 1.29 is 9.47 Å². The Hall–Kier alpha value is -4.52. The SMILES string of the molecule is [C-]#[N+]/C(C#N)=C(\C)c1ccc(OCCCCOc2ccc(C(C)=C(C#N)C#N)cc2)cc1. The molecule has 0 saturated carbocycles. The van der Waals surface area contributed by atoms with Crippen molar-refractivity contribution in [3.63, 3.8) is 0 Å². The fourth-order valence-corrected chi connectivity index (χ4v) is 2.85. The molecule has 0 N–H and O–H groups in total. The molecule has 0 radical (unpaired) electrons. The predicted octanol–water partition coefficient (Wildman–Crippen LogP) is 5.92. The molecule has 0 aliphatic carbocycles. The van der Waals surface area contributed by atoms with Crippen LogP contribution in [-0.4, -0.2) is 13.2 Å². The number of nitriles is 3. The quantitative estimate of drug-likeness (QED) is 0.284. The third kappa shape index (κ3) is 6.50. The van der Waals surface area contributed by atoms with E-state index in [0.29, 0.717) is 24.4 Å². The van der Waals surface area contributed by atoms with Crippen LogP contribution >= 0.6 is 0 Å². The second-order valence-corrected chi connectivity index (χ2v) is 6.87. The Morgan fingerprint density at radius 1 is 0.750 bits per heavy atom. The predicted molar refractivity (Wildman–Crippen MR) is 122 cm³/mol. The van der Waals surface area contributed by atoms with Crippen molar-refractivity contribution in [2.24, 2.45) is 0 Å². The minimum atomic E-state index is 0.0917. The molecule has 2 aromatic rings. The molecule has 0 aliphatic heterocycles. The summed E-state index contributed by atoms with van der Waals surface area (Å²) in [6, 6.07) is 20.4. The molecule has 0 aliphatic rings. The van der Waals surface area contributed by atoms with Gasteiger partial charge in [0.15, 0.2) is 0 Å². The number of ether oxygens (including phenoxy) is 2. The van der Waals surface area contributed by atoms with Crippen LogP contribution in [0, 0.1) is 40.6 Å². The molecular weight excluding hydrogens is 400 g/mol. The molecule has 2 rings (SSSR count). The first-order valence-corrected chi connectivity index (χ1v) is 10.00. The van der Waals surface area contributed by atoms with E-state index >= 15 is 0 Å². The van der Waals surface area contributed by atoms with Crippen LogP contribution in [0.4, 0.5) is 0 Å². The second-order valence-electron chi connectivity index (χ2n) is 6.87. The van der Waals surface area contributed by atoms with Crippen molar-refractivity contribution in [3.05, 3.63) is 82.3 Å². The molecule has 32 heavy (non-hydrogen) atoms. The van der Waals surface area contributed by atoms with Gasteiger partial charge in [0.25, 0.3) is 5.70 Å². The fraction of sp³-hybridized carbons (Fsp3) is 0.231. The largest absolute Gasteiger partial charge is 0.494 e. The molecule has 0 fully saturated rings. The van der Waals surface area contributed by atoms with Crippen LogP contribution in [-0.2, 0) is 0 Å². The fourth-order valence-electron chi connectivity index (χ4n) is 2.85. The summed E-state index contributed by atoms with van der Waals surface area (Å²) in [4.78, 5) is 3.23. The zero-order chi connectivity index (χ0) is 23.3. The van der Waals surface area contributed by atoms with Crippen molar-refractivity contribution in [3.8, 4) is 29.7 Å². The van der Waals surface area contributed by atoms with E-state index in [9.17, 15) is 0 Å². The van der Waals surface area contributed by atoms with Gasteiger partial charge in [0.2, 0.25) is 0 Å². The van der Waals surface area contributed by atoms with Crippen molar-refractivity contribution in [2.45, 2.75) is 26.7 Å². The lowest BCUT2D eigenvalue weighted by Gasteiger charge is -2.09. The lowest BCUT2D eigenvalue weighted by molar-refractivity contribution is 0.266. The molecule has 0 amide bonds. The molecule has 0 saturated heterocycles. The van der Waals surface area contributed by atoms with Gasteiger partial charge >= 0.3 is 0 Å². The summed E-state index contributed by atoms with van der Waals surface area (Å²) in [5, 5.41) is 26.9. The maximum atomic E-state index is 8.97. The summed E-state index contributed by atoms with van der Waals surface area (Å²) in [6.45, 7) is 11.6. The highest BCUT2D eigenvalue weighted by atomic mass is 16.5. The summed E-state index contributed by atoms with van der Waals surface area (Å²) < 4.78 is 11.5. The summed E-state index contributed by atoms with van der Waals surface area (Å²) in [5.41, 5.74) is 3.14. The summed E-state index contributed by atoms with van der Waals surface area (Å²) in [6.07, 6.45) is 1.65. The van der Waals surface area contributed by atoms with E-state index in [0.717, 1.165) is 35.5 Å². The first-order valence-electron chi connectivity index (χ1n) is 10.00. The molecule has 0 atom stereocenters. The Bertz CT molecular complexity index is 1040. The third-order valence-corrected chi connectivity index (χ3v) is 4.82. The Morgan fingerprint density at radius 2 is 1.19 bits per heavy atom. The standard InChI is InChI=1S/C26H22N4O2/c1-19(23(16-27)17-28)21-6-10-24(11-7-21)31-14-4-5-15-32-25-12-8-22(9-13-25)20(2)26(18-29)30-3/h6-13H,4-5,14-15H2,1-2H3/b26-20+. The molecule has 158 valence electrons. The average Bonchev–Trinajstić information content (AvgIpc) is 2.83. The van der Waals surface area contributed by atoms with Crippen molar-refractivity contribution >= 4 is 11.1 Å². The Morgan fingerprint density at radius 3 is 1.56 bits per heavy atom. The second kappa shape index (κ2) is 12.2. The highest BCUT2D eigenvalue weighted by Gasteiger charge is 2.05. The van der Waals surface area contributed by atoms with Gasteiger partial charge in [-0.05, 0) is 73.2 Å². The van der Waals surface area contributed by atoms with E-state index in [1.165, 1.54) is 0 Å². The minimum Gasteiger partial charge on any atom is -0.494 e. The Kier molecular flexibility index (Phi) is 9.09. The molecule has 0 bridgehead atoms. The van der Waals surface area contributed by atoms with Crippen molar-refractivity contribution in [1.82, 2.24) is 0 Å². The number of unbranched alkanes of at least 4 members (excludes halogenated alkanes) is 1. The van der Waals surface area contributed by atoms with Crippen LogP contribution in [0.2, 0.25) is 0 Å². The molecule has 0 heterocycles. The van der Waals surface area contributed by atoms with Crippen LogP contribution < -0.4 is 9.47 Å². The summed E-state index contributed by atoms with van der Waals surface area (Å²) >= 11 is 0. The highest BCUT2D eigenvalue weighted by molar-refractivity contribution is 5.74. The van der Waals surface area contributed by atoms with E-state index in [4.69, 9.17) is 31.8 Å². The lowest BCUT2D eigenvalue weighted by atomic mass is 10.0. The van der Waals surface area contributed by atoms with Gasteiger partial charge in [0.1, 0.15) is 29.2 Å². The van der Waals surface area contributed by atoms with Crippen molar-refractivity contribution in [2.75, 3.05) is 13.2 Å². The van der Waals surface area contributed by atoms with E-state index in [2.05, 4.69) is 4.85 Å². The van der Waals surface area contributed by atoms with Crippen LogP contribution in [0.25, 0.3) is 16.0 Å². The average molecular weight is 422 g/mol. The van der Waals surface area contributed by atoms with Gasteiger partial charge in [0, 0.05) is 0 Å². The monoisotopic (exact) mass is 422 g/mol. The zero-order valence-corrected chi connectivity index (χ0v) is 18.1. The molecule has 2 aromatic carbocycles. The Balaban J connectivity index is 1.75. The molecule has 6 heteroatoms. The number of benzene rings is 2. The zero-order valence-electron chi connectivity index (χ0n) is 18.1. The molecule has 0 aromatic heterocycles. The summed E-state index contributed by atoms with van der Waals surface area (Å²) in [7, 11) is 0. The molecule has 6 nitrogen and oxygen atoms in total.